The maximum absolute atomic E-state index is 12.8. The van der Waals surface area contributed by atoms with Gasteiger partial charge in [0.15, 0.2) is 0 Å². The fourth-order valence-electron chi connectivity index (χ4n) is 2.28. The van der Waals surface area contributed by atoms with Gasteiger partial charge in [-0.1, -0.05) is 74.1 Å². The Morgan fingerprint density at radius 3 is 1.65 bits per heavy atom. The van der Waals surface area contributed by atoms with Gasteiger partial charge in [0.05, 0.1) is 0 Å². The van der Waals surface area contributed by atoms with Gasteiger partial charge < -0.3 is 5.11 Å². The van der Waals surface area contributed by atoms with Gasteiger partial charge in [0.2, 0.25) is 5.12 Å². The Morgan fingerprint density at radius 2 is 1.35 bits per heavy atom. The van der Waals surface area contributed by atoms with Crippen molar-refractivity contribution in [1.29, 1.82) is 0 Å². The molecule has 0 aliphatic carbocycles. The summed E-state index contributed by atoms with van der Waals surface area (Å²) in [5.74, 6) is 0.321. The molecular formula is C20H32O2S. The molecule has 0 saturated carbocycles. The number of hydrogen-bond donors (Lipinski definition) is 1. The van der Waals surface area contributed by atoms with E-state index in [1.807, 2.05) is 12.1 Å². The Bertz CT molecular complexity index is 552. The van der Waals surface area contributed by atoms with Crippen LogP contribution in [0, 0.1) is 0 Å². The number of phenols is 1. The first-order valence-electron chi connectivity index (χ1n) is 8.30. The van der Waals surface area contributed by atoms with Crippen LogP contribution < -0.4 is 0 Å². The average molecular weight is 337 g/mol. The molecule has 0 aliphatic rings. The van der Waals surface area contributed by atoms with E-state index in [1.165, 1.54) is 11.8 Å². The number of hydrogen-bond acceptors (Lipinski definition) is 3. The van der Waals surface area contributed by atoms with E-state index in [0.717, 1.165) is 17.5 Å². The van der Waals surface area contributed by atoms with Crippen molar-refractivity contribution in [1.82, 2.24) is 0 Å². The molecule has 3 heteroatoms. The van der Waals surface area contributed by atoms with Gasteiger partial charge in [0, 0.05) is 21.4 Å². The standard InChI is InChI=1S/C20H32O2S/c1-10-20(8,9)23-17(22)13-11-14(18(2,3)4)16(21)15(12-13)19(5,6)7/h11-12,21H,10H2,1-9H3. The van der Waals surface area contributed by atoms with Crippen LogP contribution in [-0.4, -0.2) is 15.0 Å². The van der Waals surface area contributed by atoms with E-state index >= 15 is 0 Å². The molecule has 0 bridgehead atoms. The summed E-state index contributed by atoms with van der Waals surface area (Å²) in [6.45, 7) is 18.6. The topological polar surface area (TPSA) is 37.3 Å². The molecule has 1 aromatic carbocycles. The second kappa shape index (κ2) is 6.51. The SMILES string of the molecule is CCC(C)(C)SC(=O)c1cc(C(C)(C)C)c(O)c(C(C)(C)C)c1. The lowest BCUT2D eigenvalue weighted by molar-refractivity contribution is 0.108. The second-order valence-corrected chi connectivity index (χ2v) is 10.6. The summed E-state index contributed by atoms with van der Waals surface area (Å²) < 4.78 is -0.0846. The van der Waals surface area contributed by atoms with Gasteiger partial charge in [-0.05, 0) is 29.4 Å². The minimum atomic E-state index is -0.217. The lowest BCUT2D eigenvalue weighted by Crippen LogP contribution is -2.20. The van der Waals surface area contributed by atoms with E-state index < -0.39 is 0 Å². The molecule has 0 heterocycles. The first kappa shape index (κ1) is 20.1. The van der Waals surface area contributed by atoms with Gasteiger partial charge in [0.25, 0.3) is 0 Å². The summed E-state index contributed by atoms with van der Waals surface area (Å²) in [7, 11) is 0. The van der Waals surface area contributed by atoms with E-state index in [9.17, 15) is 9.90 Å². The van der Waals surface area contributed by atoms with Crippen LogP contribution >= 0.6 is 11.8 Å². The molecule has 0 radical (unpaired) electrons. The zero-order valence-electron chi connectivity index (χ0n) is 16.1. The minimum Gasteiger partial charge on any atom is -0.507 e. The van der Waals surface area contributed by atoms with Crippen molar-refractivity contribution in [3.05, 3.63) is 28.8 Å². The van der Waals surface area contributed by atoms with Crippen LogP contribution in [-0.2, 0) is 10.8 Å². The number of carbonyl (C=O) groups excluding carboxylic acids is 1. The molecule has 2 nitrogen and oxygen atoms in total. The maximum atomic E-state index is 12.8. The Kier molecular flexibility index (Phi) is 5.68. The fourth-order valence-corrected chi connectivity index (χ4v) is 3.16. The zero-order valence-corrected chi connectivity index (χ0v) is 16.9. The first-order chi connectivity index (χ1) is 10.2. The van der Waals surface area contributed by atoms with Crippen molar-refractivity contribution in [3.8, 4) is 5.75 Å². The molecule has 0 amide bonds. The van der Waals surface area contributed by atoms with Crippen molar-refractivity contribution in [2.45, 2.75) is 84.3 Å². The molecule has 1 rings (SSSR count). The Labute approximate surface area is 146 Å². The van der Waals surface area contributed by atoms with Gasteiger partial charge in [-0.15, -0.1) is 0 Å². The Hall–Kier alpha value is -0.960. The van der Waals surface area contributed by atoms with Crippen LogP contribution in [0.15, 0.2) is 12.1 Å². The number of carbonyl (C=O) groups is 1. The van der Waals surface area contributed by atoms with Crippen molar-refractivity contribution >= 4 is 16.9 Å². The highest BCUT2D eigenvalue weighted by Crippen LogP contribution is 2.41. The third-order valence-electron chi connectivity index (χ3n) is 4.18. The van der Waals surface area contributed by atoms with Gasteiger partial charge in [0.1, 0.15) is 5.75 Å². The smallest absolute Gasteiger partial charge is 0.219 e. The number of rotatable bonds is 3. The van der Waals surface area contributed by atoms with Crippen LogP contribution in [0.4, 0.5) is 0 Å². The van der Waals surface area contributed by atoms with E-state index in [2.05, 4.69) is 62.3 Å². The molecule has 1 aromatic rings. The average Bonchev–Trinajstić information content (AvgIpc) is 2.35. The van der Waals surface area contributed by atoms with E-state index in [-0.39, 0.29) is 20.7 Å². The van der Waals surface area contributed by atoms with Crippen LogP contribution in [0.25, 0.3) is 0 Å². The number of benzene rings is 1. The molecule has 23 heavy (non-hydrogen) atoms. The van der Waals surface area contributed by atoms with Crippen LogP contribution in [0.2, 0.25) is 0 Å². The predicted molar refractivity (Wildman–Crippen MR) is 102 cm³/mol. The summed E-state index contributed by atoms with van der Waals surface area (Å²) >= 11 is 1.38. The molecule has 0 spiro atoms. The summed E-state index contributed by atoms with van der Waals surface area (Å²) in [5.41, 5.74) is 1.92. The highest BCUT2D eigenvalue weighted by Gasteiger charge is 2.29. The predicted octanol–water partition coefficient (Wildman–Crippen LogP) is 6.05. The molecule has 0 atom stereocenters. The summed E-state index contributed by atoms with van der Waals surface area (Å²) in [6, 6.07) is 3.73. The Balaban J connectivity index is 3.48. The van der Waals surface area contributed by atoms with E-state index in [0.29, 0.717) is 11.3 Å². The third-order valence-corrected chi connectivity index (χ3v) is 5.44. The molecular weight excluding hydrogens is 304 g/mol. The van der Waals surface area contributed by atoms with Crippen LogP contribution in [0.3, 0.4) is 0 Å². The van der Waals surface area contributed by atoms with Crippen LogP contribution in [0.1, 0.15) is 90.2 Å². The summed E-state index contributed by atoms with van der Waals surface area (Å²) in [4.78, 5) is 12.8. The van der Waals surface area contributed by atoms with Crippen LogP contribution in [0.5, 0.6) is 5.75 Å². The minimum absolute atomic E-state index is 0.0767. The maximum Gasteiger partial charge on any atom is 0.219 e. The fraction of sp³-hybridized carbons (Fsp3) is 0.650. The zero-order chi connectivity index (χ0) is 18.2. The highest BCUT2D eigenvalue weighted by molar-refractivity contribution is 8.15. The van der Waals surface area contributed by atoms with Gasteiger partial charge in [-0.3, -0.25) is 4.79 Å². The van der Waals surface area contributed by atoms with Gasteiger partial charge in [-0.2, -0.15) is 0 Å². The highest BCUT2D eigenvalue weighted by atomic mass is 32.2. The Morgan fingerprint density at radius 1 is 0.957 bits per heavy atom. The summed E-state index contributed by atoms with van der Waals surface area (Å²) in [5, 5.41) is 10.8. The molecule has 130 valence electrons. The second-order valence-electron chi connectivity index (χ2n) is 8.92. The molecule has 0 aromatic heterocycles. The van der Waals surface area contributed by atoms with Crippen molar-refractivity contribution in [3.63, 3.8) is 0 Å². The largest absolute Gasteiger partial charge is 0.507 e. The van der Waals surface area contributed by atoms with Gasteiger partial charge in [-0.25, -0.2) is 0 Å². The normalized spacial score (nSPS) is 13.3. The monoisotopic (exact) mass is 336 g/mol. The van der Waals surface area contributed by atoms with E-state index in [1.54, 1.807) is 0 Å². The van der Waals surface area contributed by atoms with Gasteiger partial charge >= 0.3 is 0 Å². The quantitative estimate of drug-likeness (QED) is 0.730. The molecule has 0 fully saturated rings. The van der Waals surface area contributed by atoms with E-state index in [4.69, 9.17) is 0 Å². The molecule has 0 aliphatic heterocycles. The number of aromatic hydroxyl groups is 1. The van der Waals surface area contributed by atoms with Crippen molar-refractivity contribution < 1.29 is 9.90 Å². The molecule has 0 unspecified atom stereocenters. The van der Waals surface area contributed by atoms with Crippen molar-refractivity contribution in [2.24, 2.45) is 0 Å². The molecule has 0 saturated heterocycles. The third kappa shape index (κ3) is 5.00. The van der Waals surface area contributed by atoms with Crippen molar-refractivity contribution in [2.75, 3.05) is 0 Å². The molecule has 1 N–H and O–H groups in total. The lowest BCUT2D eigenvalue weighted by atomic mass is 9.78. The summed E-state index contributed by atoms with van der Waals surface area (Å²) in [6.07, 6.45) is 0.930. The first-order valence-corrected chi connectivity index (χ1v) is 9.12. The number of phenolic OH excluding ortho intramolecular Hbond substituents is 1. The lowest BCUT2D eigenvalue weighted by Gasteiger charge is -2.28. The number of thioether (sulfide) groups is 1.